The lowest BCUT2D eigenvalue weighted by Gasteiger charge is -2.52. The normalized spacial score (nSPS) is 20.8. The van der Waals surface area contributed by atoms with Crippen LogP contribution in [0.15, 0.2) is 48.5 Å². The highest BCUT2D eigenvalue weighted by molar-refractivity contribution is 5.40. The van der Waals surface area contributed by atoms with Gasteiger partial charge in [0.05, 0.1) is 0 Å². The van der Waals surface area contributed by atoms with Crippen molar-refractivity contribution in [2.24, 2.45) is 0 Å². The average Bonchev–Trinajstić information content (AvgIpc) is 2.74. The highest BCUT2D eigenvalue weighted by atomic mass is 16.5. The minimum absolute atomic E-state index is 0.277. The number of hydrogen-bond acceptors (Lipinski definition) is 5. The molecule has 2 aromatic carbocycles. The van der Waals surface area contributed by atoms with Crippen molar-refractivity contribution in [1.82, 2.24) is 14.7 Å². The molecule has 0 bridgehead atoms. The van der Waals surface area contributed by atoms with E-state index in [9.17, 15) is 5.11 Å². The lowest BCUT2D eigenvalue weighted by Crippen LogP contribution is -2.63. The summed E-state index contributed by atoms with van der Waals surface area (Å²) in [7, 11) is 4.49. The summed E-state index contributed by atoms with van der Waals surface area (Å²) in [6.07, 6.45) is 2.43. The van der Waals surface area contributed by atoms with E-state index < -0.39 is 0 Å². The molecule has 2 aliphatic rings. The third-order valence-corrected chi connectivity index (χ3v) is 6.70. The molecule has 29 heavy (non-hydrogen) atoms. The van der Waals surface area contributed by atoms with Crippen LogP contribution in [0.25, 0.3) is 0 Å². The van der Waals surface area contributed by atoms with Crippen LogP contribution in [0.3, 0.4) is 0 Å². The fourth-order valence-corrected chi connectivity index (χ4v) is 4.60. The molecule has 2 aromatic rings. The lowest BCUT2D eigenvalue weighted by molar-refractivity contribution is -0.0259. The number of likely N-dealkylation sites (N-methyl/N-ethyl adjacent to an activating group) is 1. The molecule has 5 heteroatoms. The van der Waals surface area contributed by atoms with Crippen molar-refractivity contribution in [2.75, 3.05) is 46.8 Å². The molecular weight excluding hydrogens is 362 g/mol. The lowest BCUT2D eigenvalue weighted by atomic mass is 9.83. The van der Waals surface area contributed by atoms with Crippen molar-refractivity contribution in [3.05, 3.63) is 59.7 Å². The van der Waals surface area contributed by atoms with Gasteiger partial charge in [-0.3, -0.25) is 9.80 Å². The second-order valence-electron chi connectivity index (χ2n) is 8.72. The molecular formula is C24H33N3O2. The van der Waals surface area contributed by atoms with Crippen LogP contribution in [0.4, 0.5) is 0 Å². The van der Waals surface area contributed by atoms with E-state index in [1.807, 2.05) is 42.5 Å². The Morgan fingerprint density at radius 1 is 0.966 bits per heavy atom. The largest absolute Gasteiger partial charge is 0.507 e. The van der Waals surface area contributed by atoms with Crippen LogP contribution in [0, 0.1) is 0 Å². The second kappa shape index (κ2) is 8.74. The number of phenols is 1. The molecule has 5 nitrogen and oxygen atoms in total. The highest BCUT2D eigenvalue weighted by Gasteiger charge is 2.41. The number of aromatic hydroxyl groups is 1. The highest BCUT2D eigenvalue weighted by Crippen LogP contribution is 2.33. The van der Waals surface area contributed by atoms with E-state index in [-0.39, 0.29) is 5.54 Å². The number of nitrogens with zero attached hydrogens (tertiary/aromatic N) is 3. The molecule has 0 amide bonds. The summed E-state index contributed by atoms with van der Waals surface area (Å²) in [6, 6.07) is 15.8. The Kier molecular flexibility index (Phi) is 6.09. The molecule has 156 valence electrons. The number of ether oxygens (including phenoxy) is 1. The number of rotatable bonds is 5. The van der Waals surface area contributed by atoms with Gasteiger partial charge in [0.1, 0.15) is 18.1 Å². The van der Waals surface area contributed by atoms with E-state index in [0.29, 0.717) is 18.1 Å². The van der Waals surface area contributed by atoms with Gasteiger partial charge in [-0.15, -0.1) is 0 Å². The molecule has 1 spiro atoms. The Morgan fingerprint density at radius 3 is 2.45 bits per heavy atom. The molecule has 2 fully saturated rings. The minimum Gasteiger partial charge on any atom is -0.507 e. The maximum absolute atomic E-state index is 10.6. The van der Waals surface area contributed by atoms with E-state index in [4.69, 9.17) is 4.74 Å². The quantitative estimate of drug-likeness (QED) is 0.842. The third kappa shape index (κ3) is 4.74. The molecule has 2 aliphatic heterocycles. The van der Waals surface area contributed by atoms with Crippen LogP contribution in [0.1, 0.15) is 24.0 Å². The summed E-state index contributed by atoms with van der Waals surface area (Å²) in [5.74, 6) is 1.03. The van der Waals surface area contributed by atoms with Gasteiger partial charge in [-0.25, -0.2) is 0 Å². The first-order valence-corrected chi connectivity index (χ1v) is 10.6. The van der Waals surface area contributed by atoms with Crippen molar-refractivity contribution >= 4 is 0 Å². The first-order valence-electron chi connectivity index (χ1n) is 10.6. The number of benzene rings is 2. The van der Waals surface area contributed by atoms with Gasteiger partial charge in [0.2, 0.25) is 0 Å². The zero-order valence-corrected chi connectivity index (χ0v) is 17.7. The molecule has 0 unspecified atom stereocenters. The van der Waals surface area contributed by atoms with Crippen molar-refractivity contribution in [3.8, 4) is 11.5 Å². The van der Waals surface area contributed by atoms with Crippen molar-refractivity contribution < 1.29 is 9.84 Å². The number of likely N-dealkylation sites (tertiary alicyclic amines) is 1. The summed E-state index contributed by atoms with van der Waals surface area (Å²) in [6.45, 7) is 6.82. The van der Waals surface area contributed by atoms with E-state index in [1.165, 1.54) is 12.8 Å². The second-order valence-corrected chi connectivity index (χ2v) is 8.72. The zero-order chi connectivity index (χ0) is 20.3. The van der Waals surface area contributed by atoms with Gasteiger partial charge in [0.25, 0.3) is 0 Å². The van der Waals surface area contributed by atoms with Gasteiger partial charge in [0.15, 0.2) is 0 Å². The Hall–Kier alpha value is -2.08. The Labute approximate surface area is 174 Å². The molecule has 0 saturated carbocycles. The molecule has 0 atom stereocenters. The molecule has 2 heterocycles. The summed E-state index contributed by atoms with van der Waals surface area (Å²) in [5.41, 5.74) is 2.38. The molecule has 1 N–H and O–H groups in total. The van der Waals surface area contributed by atoms with E-state index in [0.717, 1.165) is 50.4 Å². The van der Waals surface area contributed by atoms with Gasteiger partial charge < -0.3 is 14.7 Å². The zero-order valence-electron chi connectivity index (χ0n) is 17.7. The van der Waals surface area contributed by atoms with Gasteiger partial charge in [-0.2, -0.15) is 0 Å². The monoisotopic (exact) mass is 395 g/mol. The van der Waals surface area contributed by atoms with Crippen LogP contribution < -0.4 is 4.74 Å². The van der Waals surface area contributed by atoms with E-state index in [2.05, 4.69) is 28.8 Å². The summed E-state index contributed by atoms with van der Waals surface area (Å²) in [4.78, 5) is 7.50. The number of piperazine rings is 1. The molecule has 0 radical (unpaired) electrons. The number of piperidine rings is 1. The smallest absolute Gasteiger partial charge is 0.123 e. The van der Waals surface area contributed by atoms with Gasteiger partial charge in [-0.1, -0.05) is 36.4 Å². The SMILES string of the molecule is CN1CCC2(CC1)CN(Cc1ccc(OCc3ccccc3)cc1O)CCN2C. The predicted molar refractivity (Wildman–Crippen MR) is 116 cm³/mol. The van der Waals surface area contributed by atoms with Crippen LogP contribution >= 0.6 is 0 Å². The Balaban J connectivity index is 1.37. The van der Waals surface area contributed by atoms with Crippen LogP contribution in [-0.2, 0) is 13.2 Å². The van der Waals surface area contributed by atoms with E-state index in [1.54, 1.807) is 6.07 Å². The van der Waals surface area contributed by atoms with E-state index >= 15 is 0 Å². The van der Waals surface area contributed by atoms with Crippen LogP contribution in [-0.4, -0.2) is 72.2 Å². The molecule has 2 saturated heterocycles. The topological polar surface area (TPSA) is 39.2 Å². The predicted octanol–water partition coefficient (Wildman–Crippen LogP) is 3.18. The Morgan fingerprint density at radius 2 is 1.72 bits per heavy atom. The standard InChI is InChI=1S/C24H33N3O2/c1-25-12-10-24(11-13-25)19-27(15-14-26(24)2)17-21-8-9-22(16-23(21)28)29-18-20-6-4-3-5-7-20/h3-9,16,28H,10-15,17-19H2,1-2H3. The van der Waals surface area contributed by atoms with Crippen molar-refractivity contribution in [2.45, 2.75) is 31.5 Å². The number of phenolic OH excluding ortho intramolecular Hbond substituents is 1. The minimum atomic E-state index is 0.277. The van der Waals surface area contributed by atoms with Crippen molar-refractivity contribution in [3.63, 3.8) is 0 Å². The van der Waals surface area contributed by atoms with Crippen LogP contribution in [0.2, 0.25) is 0 Å². The molecule has 4 rings (SSSR count). The summed E-state index contributed by atoms with van der Waals surface area (Å²) < 4.78 is 5.85. The third-order valence-electron chi connectivity index (χ3n) is 6.70. The maximum atomic E-state index is 10.6. The Bertz CT molecular complexity index is 803. The fourth-order valence-electron chi connectivity index (χ4n) is 4.60. The maximum Gasteiger partial charge on any atom is 0.123 e. The van der Waals surface area contributed by atoms with Crippen LogP contribution in [0.5, 0.6) is 11.5 Å². The number of hydrogen-bond donors (Lipinski definition) is 1. The van der Waals surface area contributed by atoms with Crippen molar-refractivity contribution in [1.29, 1.82) is 0 Å². The molecule has 0 aliphatic carbocycles. The van der Waals surface area contributed by atoms with Gasteiger partial charge >= 0.3 is 0 Å². The first kappa shape index (κ1) is 20.2. The summed E-state index contributed by atoms with van der Waals surface area (Å²) >= 11 is 0. The van der Waals surface area contributed by atoms with Gasteiger partial charge in [0, 0.05) is 43.3 Å². The molecule has 0 aromatic heterocycles. The van der Waals surface area contributed by atoms with Gasteiger partial charge in [-0.05, 0) is 51.7 Å². The average molecular weight is 396 g/mol. The fraction of sp³-hybridized carbons (Fsp3) is 0.500. The first-order chi connectivity index (χ1) is 14.0. The summed E-state index contributed by atoms with van der Waals surface area (Å²) in [5, 5.41) is 10.6.